The number of carbonyl (C=O) groups is 1. The summed E-state index contributed by atoms with van der Waals surface area (Å²) in [7, 11) is 0. The van der Waals surface area contributed by atoms with Crippen LogP contribution in [0.25, 0.3) is 0 Å². The van der Waals surface area contributed by atoms with Crippen molar-refractivity contribution in [3.8, 4) is 11.5 Å². The van der Waals surface area contributed by atoms with Crippen molar-refractivity contribution in [3.63, 3.8) is 0 Å². The molecule has 1 amide bonds. The Morgan fingerprint density at radius 2 is 1.81 bits per heavy atom. The lowest BCUT2D eigenvalue weighted by atomic mass is 10.1. The number of carbonyl (C=O) groups excluding carboxylic acids is 1. The van der Waals surface area contributed by atoms with E-state index in [1.165, 1.54) is 0 Å². The third-order valence-electron chi connectivity index (χ3n) is 4.35. The highest BCUT2D eigenvalue weighted by Gasteiger charge is 2.09. The molecule has 0 spiro atoms. The quantitative estimate of drug-likeness (QED) is 0.254. The molecule has 0 heterocycles. The molecule has 3 aromatic carbocycles. The third kappa shape index (κ3) is 7.26. The van der Waals surface area contributed by atoms with E-state index in [4.69, 9.17) is 32.7 Å². The molecule has 3 rings (SSSR count). The van der Waals surface area contributed by atoms with E-state index in [0.29, 0.717) is 28.2 Å². The Balaban J connectivity index is 1.61. The molecule has 166 valence electrons. The van der Waals surface area contributed by atoms with E-state index >= 15 is 0 Å². The van der Waals surface area contributed by atoms with Gasteiger partial charge in [-0.05, 0) is 60.5 Å². The minimum absolute atomic E-state index is 0.201. The van der Waals surface area contributed by atoms with Gasteiger partial charge in [0.15, 0.2) is 11.5 Å². The van der Waals surface area contributed by atoms with Crippen LogP contribution in [0, 0.1) is 0 Å². The molecule has 0 aliphatic rings. The van der Waals surface area contributed by atoms with Gasteiger partial charge in [-0.3, -0.25) is 4.79 Å². The van der Waals surface area contributed by atoms with Crippen LogP contribution in [0.4, 0.5) is 0 Å². The Labute approximate surface area is 205 Å². The predicted octanol–water partition coefficient (Wildman–Crippen LogP) is 6.43. The topological polar surface area (TPSA) is 59.9 Å². The zero-order chi connectivity index (χ0) is 22.9. The highest BCUT2D eigenvalue weighted by atomic mass is 79.9. The maximum atomic E-state index is 12.1. The van der Waals surface area contributed by atoms with Crippen LogP contribution in [0.15, 0.2) is 70.2 Å². The smallest absolute Gasteiger partial charge is 0.244 e. The van der Waals surface area contributed by atoms with Crippen LogP contribution in [0.5, 0.6) is 11.5 Å². The molecule has 32 heavy (non-hydrogen) atoms. The molecular formula is C24H21BrCl2N2O3. The number of hydrazone groups is 1. The van der Waals surface area contributed by atoms with Gasteiger partial charge in [-0.1, -0.05) is 57.3 Å². The van der Waals surface area contributed by atoms with Crippen LogP contribution in [0.2, 0.25) is 10.0 Å². The van der Waals surface area contributed by atoms with Crippen molar-refractivity contribution in [1.29, 1.82) is 0 Å². The van der Waals surface area contributed by atoms with E-state index in [1.807, 2.05) is 43.3 Å². The summed E-state index contributed by atoms with van der Waals surface area (Å²) >= 11 is 15.5. The number of hydrogen-bond acceptors (Lipinski definition) is 4. The Kier molecular flexibility index (Phi) is 8.97. The van der Waals surface area contributed by atoms with Gasteiger partial charge in [0, 0.05) is 20.1 Å². The van der Waals surface area contributed by atoms with E-state index < -0.39 is 0 Å². The summed E-state index contributed by atoms with van der Waals surface area (Å²) in [5.41, 5.74) is 5.02. The van der Waals surface area contributed by atoms with Gasteiger partial charge in [0.1, 0.15) is 6.61 Å². The van der Waals surface area contributed by atoms with Gasteiger partial charge in [-0.25, -0.2) is 5.43 Å². The number of amides is 1. The third-order valence-corrected chi connectivity index (χ3v) is 5.46. The Bertz CT molecular complexity index is 1100. The number of nitrogens with one attached hydrogen (secondary N) is 1. The van der Waals surface area contributed by atoms with Gasteiger partial charge in [-0.15, -0.1) is 0 Å². The first-order valence-electron chi connectivity index (χ1n) is 9.84. The Morgan fingerprint density at radius 3 is 2.53 bits per heavy atom. The number of halogens is 3. The number of nitrogens with zero attached hydrogens (tertiary/aromatic N) is 1. The van der Waals surface area contributed by atoms with Crippen LogP contribution in [-0.2, 0) is 17.8 Å². The largest absolute Gasteiger partial charge is 0.490 e. The Morgan fingerprint density at radius 1 is 1.03 bits per heavy atom. The molecular weight excluding hydrogens is 515 g/mol. The molecule has 0 aliphatic carbocycles. The number of ether oxygens (including phenoxy) is 2. The van der Waals surface area contributed by atoms with Crippen molar-refractivity contribution in [3.05, 3.63) is 91.9 Å². The van der Waals surface area contributed by atoms with Crippen LogP contribution < -0.4 is 14.9 Å². The maximum Gasteiger partial charge on any atom is 0.244 e. The molecule has 0 fully saturated rings. The molecule has 3 aromatic rings. The zero-order valence-corrected chi connectivity index (χ0v) is 20.4. The van der Waals surface area contributed by atoms with E-state index in [-0.39, 0.29) is 18.9 Å². The van der Waals surface area contributed by atoms with E-state index in [0.717, 1.165) is 21.2 Å². The number of rotatable bonds is 9. The second kappa shape index (κ2) is 11.9. The molecule has 0 bridgehead atoms. The van der Waals surface area contributed by atoms with Crippen LogP contribution in [-0.4, -0.2) is 18.7 Å². The molecule has 0 aromatic heterocycles. The lowest BCUT2D eigenvalue weighted by Crippen LogP contribution is -2.19. The van der Waals surface area contributed by atoms with Crippen LogP contribution >= 0.6 is 39.1 Å². The summed E-state index contributed by atoms with van der Waals surface area (Å²) in [6.07, 6.45) is 1.80. The fraction of sp³-hybridized carbons (Fsp3) is 0.167. The van der Waals surface area contributed by atoms with Gasteiger partial charge in [0.25, 0.3) is 0 Å². The van der Waals surface area contributed by atoms with Crippen molar-refractivity contribution in [2.45, 2.75) is 20.0 Å². The summed E-state index contributed by atoms with van der Waals surface area (Å²) < 4.78 is 12.6. The summed E-state index contributed by atoms with van der Waals surface area (Å²) in [5.74, 6) is 0.949. The molecule has 1 N–H and O–H groups in total. The maximum absolute atomic E-state index is 12.1. The minimum Gasteiger partial charge on any atom is -0.490 e. The first kappa shape index (κ1) is 24.1. The number of hydrogen-bond donors (Lipinski definition) is 1. The van der Waals surface area contributed by atoms with E-state index in [1.54, 1.807) is 30.5 Å². The van der Waals surface area contributed by atoms with Crippen LogP contribution in [0.1, 0.15) is 23.6 Å². The molecule has 8 heteroatoms. The molecule has 0 saturated carbocycles. The highest BCUT2D eigenvalue weighted by Crippen LogP contribution is 2.30. The summed E-state index contributed by atoms with van der Waals surface area (Å²) in [6, 6.07) is 18.2. The average molecular weight is 536 g/mol. The van der Waals surface area contributed by atoms with E-state index in [9.17, 15) is 4.79 Å². The van der Waals surface area contributed by atoms with Crippen LogP contribution in [0.3, 0.4) is 0 Å². The normalized spacial score (nSPS) is 10.9. The summed E-state index contributed by atoms with van der Waals surface area (Å²) in [4.78, 5) is 12.1. The van der Waals surface area contributed by atoms with Crippen molar-refractivity contribution >= 4 is 51.3 Å². The second-order valence-corrected chi connectivity index (χ2v) is 8.52. The molecule has 0 atom stereocenters. The van der Waals surface area contributed by atoms with Gasteiger partial charge in [0.05, 0.1) is 19.2 Å². The van der Waals surface area contributed by atoms with Crippen molar-refractivity contribution in [2.75, 3.05) is 6.61 Å². The van der Waals surface area contributed by atoms with Crippen molar-refractivity contribution in [1.82, 2.24) is 5.43 Å². The number of benzene rings is 3. The minimum atomic E-state index is -0.201. The standard InChI is InChI=1S/C24H21BrCl2N2O3/c1-2-31-23-11-17(14-28-29-24(30)12-16-3-7-19(25)8-4-16)5-10-22(23)32-15-18-6-9-20(26)13-21(18)27/h3-11,13-14H,2,12,15H2,1H3,(H,29,30)/b28-14-. The van der Waals surface area contributed by atoms with Crippen molar-refractivity contribution < 1.29 is 14.3 Å². The SMILES string of the molecule is CCOc1cc(/C=N\NC(=O)Cc2ccc(Br)cc2)ccc1OCc1ccc(Cl)cc1Cl. The zero-order valence-electron chi connectivity index (χ0n) is 17.3. The summed E-state index contributed by atoms with van der Waals surface area (Å²) in [5, 5.41) is 5.15. The molecule has 0 aliphatic heterocycles. The first-order chi connectivity index (χ1) is 15.4. The molecule has 0 radical (unpaired) electrons. The average Bonchev–Trinajstić information content (AvgIpc) is 2.76. The second-order valence-electron chi connectivity index (χ2n) is 6.76. The predicted molar refractivity (Wildman–Crippen MR) is 132 cm³/mol. The fourth-order valence-electron chi connectivity index (χ4n) is 2.79. The first-order valence-corrected chi connectivity index (χ1v) is 11.4. The summed E-state index contributed by atoms with van der Waals surface area (Å²) in [6.45, 7) is 2.64. The Hall–Kier alpha value is -2.54. The van der Waals surface area contributed by atoms with E-state index in [2.05, 4.69) is 26.5 Å². The van der Waals surface area contributed by atoms with Gasteiger partial charge >= 0.3 is 0 Å². The van der Waals surface area contributed by atoms with Crippen molar-refractivity contribution in [2.24, 2.45) is 5.10 Å². The van der Waals surface area contributed by atoms with Gasteiger partial charge in [0.2, 0.25) is 5.91 Å². The molecule has 5 nitrogen and oxygen atoms in total. The lowest BCUT2D eigenvalue weighted by molar-refractivity contribution is -0.120. The lowest BCUT2D eigenvalue weighted by Gasteiger charge is -2.13. The van der Waals surface area contributed by atoms with Gasteiger partial charge in [-0.2, -0.15) is 5.10 Å². The monoisotopic (exact) mass is 534 g/mol. The highest BCUT2D eigenvalue weighted by molar-refractivity contribution is 9.10. The molecule has 0 unspecified atom stereocenters. The van der Waals surface area contributed by atoms with Gasteiger partial charge < -0.3 is 9.47 Å². The molecule has 0 saturated heterocycles. The fourth-order valence-corrected chi connectivity index (χ4v) is 3.52.